The average molecular weight is 263 g/mol. The van der Waals surface area contributed by atoms with Crippen molar-refractivity contribution >= 4 is 5.91 Å². The minimum atomic E-state index is 0.0170. The van der Waals surface area contributed by atoms with Gasteiger partial charge in [0.25, 0.3) is 5.91 Å². The number of carbonyl (C=O) groups excluding carboxylic acids is 1. The van der Waals surface area contributed by atoms with Crippen LogP contribution >= 0.6 is 0 Å². The lowest BCUT2D eigenvalue weighted by atomic mass is 10.1. The Labute approximate surface area is 113 Å². The molecule has 5 heteroatoms. The first kappa shape index (κ1) is 13.7. The molecule has 1 aliphatic rings. The fourth-order valence-electron chi connectivity index (χ4n) is 2.21. The summed E-state index contributed by atoms with van der Waals surface area (Å²) in [5, 5.41) is 4.31. The van der Waals surface area contributed by atoms with E-state index in [0.717, 1.165) is 0 Å². The Morgan fingerprint density at radius 2 is 2.05 bits per heavy atom. The Hall–Kier alpha value is -1.75. The van der Waals surface area contributed by atoms with Crippen molar-refractivity contribution in [2.75, 3.05) is 33.9 Å². The highest BCUT2D eigenvalue weighted by molar-refractivity contribution is 5.95. The van der Waals surface area contributed by atoms with Crippen LogP contribution in [0.4, 0.5) is 0 Å². The topological polar surface area (TPSA) is 52.9 Å². The first-order valence-electron chi connectivity index (χ1n) is 6.33. The van der Waals surface area contributed by atoms with Gasteiger partial charge in [-0.05, 0) is 25.1 Å². The minimum absolute atomic E-state index is 0.0170. The quantitative estimate of drug-likeness (QED) is 0.822. The number of rotatable bonds is 3. The second-order valence-electron chi connectivity index (χ2n) is 4.55. The number of hydrogen-bond donors (Lipinski definition) is 0. The Balaban J connectivity index is 2.23. The number of piperazine rings is 1. The van der Waals surface area contributed by atoms with Crippen molar-refractivity contribution in [1.82, 2.24) is 10.2 Å². The van der Waals surface area contributed by atoms with Crippen molar-refractivity contribution in [2.45, 2.75) is 13.0 Å². The molecule has 0 spiro atoms. The van der Waals surface area contributed by atoms with Gasteiger partial charge in [-0.15, -0.1) is 0 Å². The van der Waals surface area contributed by atoms with E-state index in [-0.39, 0.29) is 11.9 Å². The van der Waals surface area contributed by atoms with Crippen LogP contribution in [0, 0.1) is 0 Å². The number of ether oxygens (including phenoxy) is 2. The Bertz CT molecular complexity index is 462. The number of nitrogens with zero attached hydrogens (tertiary/aromatic N) is 2. The molecule has 0 bridgehead atoms. The molecule has 1 saturated heterocycles. The van der Waals surface area contributed by atoms with Crippen LogP contribution in [0.15, 0.2) is 18.2 Å². The number of benzene rings is 1. The van der Waals surface area contributed by atoms with E-state index in [0.29, 0.717) is 36.7 Å². The lowest BCUT2D eigenvalue weighted by molar-refractivity contribution is 0.0652. The molecule has 5 nitrogen and oxygen atoms in total. The summed E-state index contributed by atoms with van der Waals surface area (Å²) in [7, 11) is 3.14. The van der Waals surface area contributed by atoms with Crippen LogP contribution in [0.5, 0.6) is 11.5 Å². The Morgan fingerprint density at radius 1 is 1.32 bits per heavy atom. The first-order valence-corrected chi connectivity index (χ1v) is 6.33. The van der Waals surface area contributed by atoms with Crippen LogP contribution in [-0.4, -0.2) is 50.7 Å². The van der Waals surface area contributed by atoms with Crippen LogP contribution in [0.2, 0.25) is 0 Å². The summed E-state index contributed by atoms with van der Waals surface area (Å²) in [5.41, 5.74) is 0.617. The lowest BCUT2D eigenvalue weighted by Gasteiger charge is -2.33. The summed E-state index contributed by atoms with van der Waals surface area (Å²) in [6, 6.07) is 5.39. The zero-order valence-corrected chi connectivity index (χ0v) is 11.5. The molecule has 0 N–H and O–H groups in total. The summed E-state index contributed by atoms with van der Waals surface area (Å²) in [5.74, 6) is 1.21. The normalized spacial score (nSPS) is 19.1. The van der Waals surface area contributed by atoms with Gasteiger partial charge in [-0.25, -0.2) is 5.32 Å². The largest absolute Gasteiger partial charge is 0.493 e. The van der Waals surface area contributed by atoms with E-state index < -0.39 is 0 Å². The third-order valence-electron chi connectivity index (χ3n) is 3.32. The van der Waals surface area contributed by atoms with Crippen molar-refractivity contribution in [2.24, 2.45) is 0 Å². The molecule has 19 heavy (non-hydrogen) atoms. The third-order valence-corrected chi connectivity index (χ3v) is 3.32. The molecule has 1 radical (unpaired) electrons. The van der Waals surface area contributed by atoms with Gasteiger partial charge in [0.1, 0.15) is 0 Å². The predicted octanol–water partition coefficient (Wildman–Crippen LogP) is 1.15. The van der Waals surface area contributed by atoms with Crippen LogP contribution in [0.25, 0.3) is 0 Å². The van der Waals surface area contributed by atoms with Gasteiger partial charge in [0, 0.05) is 31.2 Å². The van der Waals surface area contributed by atoms with Crippen LogP contribution < -0.4 is 14.8 Å². The Kier molecular flexibility index (Phi) is 4.27. The third kappa shape index (κ3) is 2.81. The molecule has 2 rings (SSSR count). The summed E-state index contributed by atoms with van der Waals surface area (Å²) in [6.07, 6.45) is 0. The molecule has 0 saturated carbocycles. The molecule has 1 unspecified atom stereocenters. The maximum atomic E-state index is 12.5. The van der Waals surface area contributed by atoms with Gasteiger partial charge in [0.05, 0.1) is 14.2 Å². The molecule has 1 fully saturated rings. The second kappa shape index (κ2) is 5.93. The van der Waals surface area contributed by atoms with Gasteiger partial charge >= 0.3 is 0 Å². The summed E-state index contributed by atoms with van der Waals surface area (Å²) in [6.45, 7) is 4.11. The number of carbonyl (C=O) groups is 1. The summed E-state index contributed by atoms with van der Waals surface area (Å²) in [4.78, 5) is 14.3. The summed E-state index contributed by atoms with van der Waals surface area (Å²) >= 11 is 0. The van der Waals surface area contributed by atoms with E-state index in [4.69, 9.17) is 9.47 Å². The van der Waals surface area contributed by atoms with Crippen LogP contribution in [-0.2, 0) is 0 Å². The first-order chi connectivity index (χ1) is 9.17. The van der Waals surface area contributed by atoms with Crippen LogP contribution in [0.1, 0.15) is 17.3 Å². The van der Waals surface area contributed by atoms with Gasteiger partial charge in [0.2, 0.25) is 0 Å². The molecule has 1 aromatic rings. The SMILES string of the molecule is COc1ccc(C(=O)N2CC[N]CC2C)cc1OC. The molecular formula is C14H19N2O3. The van der Waals surface area contributed by atoms with Crippen molar-refractivity contribution in [3.63, 3.8) is 0 Å². The molecule has 1 amide bonds. The molecular weight excluding hydrogens is 244 g/mol. The molecule has 1 heterocycles. The average Bonchev–Trinajstić information content (AvgIpc) is 2.46. The minimum Gasteiger partial charge on any atom is -0.493 e. The standard InChI is InChI=1S/C14H19N2O3/c1-10-9-15-6-7-16(10)14(17)11-4-5-12(18-2)13(8-11)19-3/h4-5,8,10H,6-7,9H2,1-3H3. The highest BCUT2D eigenvalue weighted by Crippen LogP contribution is 2.28. The highest BCUT2D eigenvalue weighted by atomic mass is 16.5. The number of hydrogen-bond acceptors (Lipinski definition) is 3. The van der Waals surface area contributed by atoms with E-state index in [2.05, 4.69) is 5.32 Å². The summed E-state index contributed by atoms with van der Waals surface area (Å²) < 4.78 is 10.4. The maximum absolute atomic E-state index is 12.5. The predicted molar refractivity (Wildman–Crippen MR) is 71.9 cm³/mol. The smallest absolute Gasteiger partial charge is 0.254 e. The monoisotopic (exact) mass is 263 g/mol. The zero-order chi connectivity index (χ0) is 13.8. The van der Waals surface area contributed by atoms with Crippen molar-refractivity contribution in [1.29, 1.82) is 0 Å². The lowest BCUT2D eigenvalue weighted by Crippen LogP contribution is -2.49. The van der Waals surface area contributed by atoms with E-state index in [1.54, 1.807) is 32.4 Å². The van der Waals surface area contributed by atoms with Gasteiger partial charge in [-0.3, -0.25) is 4.79 Å². The van der Waals surface area contributed by atoms with Gasteiger partial charge in [-0.1, -0.05) is 0 Å². The van der Waals surface area contributed by atoms with E-state index in [1.165, 1.54) is 0 Å². The van der Waals surface area contributed by atoms with Crippen molar-refractivity contribution in [3.8, 4) is 11.5 Å². The molecule has 0 aromatic heterocycles. The van der Waals surface area contributed by atoms with E-state index in [1.807, 2.05) is 11.8 Å². The van der Waals surface area contributed by atoms with E-state index in [9.17, 15) is 4.79 Å². The van der Waals surface area contributed by atoms with Crippen LogP contribution in [0.3, 0.4) is 0 Å². The fraction of sp³-hybridized carbons (Fsp3) is 0.500. The highest BCUT2D eigenvalue weighted by Gasteiger charge is 2.25. The number of amides is 1. The fourth-order valence-corrected chi connectivity index (χ4v) is 2.21. The van der Waals surface area contributed by atoms with Gasteiger partial charge in [0.15, 0.2) is 11.5 Å². The second-order valence-corrected chi connectivity index (χ2v) is 4.55. The van der Waals surface area contributed by atoms with Gasteiger partial charge in [-0.2, -0.15) is 0 Å². The van der Waals surface area contributed by atoms with Gasteiger partial charge < -0.3 is 14.4 Å². The maximum Gasteiger partial charge on any atom is 0.254 e. The zero-order valence-electron chi connectivity index (χ0n) is 11.5. The molecule has 1 aliphatic heterocycles. The van der Waals surface area contributed by atoms with Crippen molar-refractivity contribution < 1.29 is 14.3 Å². The molecule has 0 aliphatic carbocycles. The molecule has 103 valence electrons. The Morgan fingerprint density at radius 3 is 2.68 bits per heavy atom. The number of methoxy groups -OCH3 is 2. The van der Waals surface area contributed by atoms with Crippen molar-refractivity contribution in [3.05, 3.63) is 23.8 Å². The van der Waals surface area contributed by atoms with E-state index >= 15 is 0 Å². The molecule has 1 atom stereocenters. The molecule has 1 aromatic carbocycles.